The molecular weight excluding hydrogens is 318 g/mol. The molecule has 2 heterocycles. The Kier molecular flexibility index (Phi) is 5.44. The molecule has 0 unspecified atom stereocenters. The molecule has 0 aliphatic carbocycles. The van der Waals surface area contributed by atoms with Crippen molar-refractivity contribution >= 4 is 39.0 Å². The summed E-state index contributed by atoms with van der Waals surface area (Å²) >= 11 is 6.96. The van der Waals surface area contributed by atoms with Crippen LogP contribution in [0.3, 0.4) is 0 Å². The topological polar surface area (TPSA) is 37.8 Å². The summed E-state index contributed by atoms with van der Waals surface area (Å²) in [5.74, 6) is 1.02. The molecule has 1 N–H and O–H groups in total. The van der Waals surface area contributed by atoms with Gasteiger partial charge >= 0.3 is 0 Å². The number of aromatic nitrogens is 2. The molecule has 0 fully saturated rings. The highest BCUT2D eigenvalue weighted by Crippen LogP contribution is 2.19. The third-order valence-corrected chi connectivity index (χ3v) is 4.65. The van der Waals surface area contributed by atoms with Crippen LogP contribution in [0.25, 0.3) is 0 Å². The zero-order valence-corrected chi connectivity index (χ0v) is 12.3. The minimum Gasteiger partial charge on any atom is -0.311 e. The van der Waals surface area contributed by atoms with E-state index in [0.29, 0.717) is 0 Å². The number of rotatable bonds is 6. The Morgan fingerprint density at radius 1 is 1.47 bits per heavy atom. The maximum atomic E-state index is 4.16. The van der Waals surface area contributed by atoms with Gasteiger partial charge in [0.25, 0.3) is 0 Å². The molecule has 2 aromatic heterocycles. The van der Waals surface area contributed by atoms with Gasteiger partial charge in [-0.05, 0) is 28.1 Å². The fourth-order valence-corrected chi connectivity index (χ4v) is 3.40. The maximum Gasteiger partial charge on any atom is 0.116 e. The van der Waals surface area contributed by atoms with E-state index in [2.05, 4.69) is 42.7 Å². The van der Waals surface area contributed by atoms with Crippen molar-refractivity contribution in [1.82, 2.24) is 15.3 Å². The van der Waals surface area contributed by atoms with E-state index in [1.54, 1.807) is 35.6 Å². The minimum absolute atomic E-state index is 0.931. The summed E-state index contributed by atoms with van der Waals surface area (Å²) in [5.41, 5.74) is 0. The lowest BCUT2D eigenvalue weighted by Crippen LogP contribution is -2.15. The van der Waals surface area contributed by atoms with Gasteiger partial charge < -0.3 is 5.32 Å². The van der Waals surface area contributed by atoms with Gasteiger partial charge in [-0.25, -0.2) is 9.97 Å². The van der Waals surface area contributed by atoms with Gasteiger partial charge in [-0.3, -0.25) is 0 Å². The average Bonchev–Trinajstić information content (AvgIpc) is 2.76. The van der Waals surface area contributed by atoms with E-state index in [0.717, 1.165) is 28.3 Å². The summed E-state index contributed by atoms with van der Waals surface area (Å²) in [6.07, 6.45) is 3.35. The SMILES string of the molecule is Brc1csc(CNCCSc2ccncn2)c1. The summed E-state index contributed by atoms with van der Waals surface area (Å²) in [5, 5.41) is 6.54. The van der Waals surface area contributed by atoms with Crippen molar-refractivity contribution in [3.05, 3.63) is 39.4 Å². The van der Waals surface area contributed by atoms with Crippen LogP contribution in [0.2, 0.25) is 0 Å². The number of hydrogen-bond acceptors (Lipinski definition) is 5. The van der Waals surface area contributed by atoms with Crippen LogP contribution in [0.4, 0.5) is 0 Å². The second-order valence-corrected chi connectivity index (χ2v) is 6.33. The zero-order chi connectivity index (χ0) is 11.9. The summed E-state index contributed by atoms with van der Waals surface area (Å²) in [6.45, 7) is 1.91. The monoisotopic (exact) mass is 329 g/mol. The third kappa shape index (κ3) is 4.75. The predicted molar refractivity (Wildman–Crippen MR) is 76.5 cm³/mol. The van der Waals surface area contributed by atoms with Gasteiger partial charge in [0.2, 0.25) is 0 Å². The predicted octanol–water partition coefficient (Wildman–Crippen LogP) is 3.18. The van der Waals surface area contributed by atoms with Crippen LogP contribution in [0.5, 0.6) is 0 Å². The van der Waals surface area contributed by atoms with Crippen molar-refractivity contribution in [3.63, 3.8) is 0 Å². The van der Waals surface area contributed by atoms with Crippen LogP contribution in [-0.4, -0.2) is 22.3 Å². The minimum atomic E-state index is 0.931. The number of halogens is 1. The molecule has 0 aliphatic heterocycles. The number of thioether (sulfide) groups is 1. The molecular formula is C11H12BrN3S2. The normalized spacial score (nSPS) is 10.6. The van der Waals surface area contributed by atoms with Crippen molar-refractivity contribution in [2.45, 2.75) is 11.6 Å². The molecule has 0 atom stereocenters. The molecule has 0 spiro atoms. The molecule has 2 rings (SSSR count). The third-order valence-electron chi connectivity index (χ3n) is 2.00. The van der Waals surface area contributed by atoms with Crippen LogP contribution in [0.15, 0.2) is 39.5 Å². The molecule has 0 saturated carbocycles. The molecule has 0 bridgehead atoms. The molecule has 6 heteroatoms. The smallest absolute Gasteiger partial charge is 0.116 e. The summed E-state index contributed by atoms with van der Waals surface area (Å²) in [7, 11) is 0. The molecule has 0 radical (unpaired) electrons. The molecule has 0 aliphatic rings. The lowest BCUT2D eigenvalue weighted by Gasteiger charge is -2.02. The van der Waals surface area contributed by atoms with Crippen molar-refractivity contribution in [1.29, 1.82) is 0 Å². The van der Waals surface area contributed by atoms with E-state index in [4.69, 9.17) is 0 Å². The Bertz CT molecular complexity index is 447. The number of nitrogens with zero attached hydrogens (tertiary/aromatic N) is 2. The Balaban J connectivity index is 1.61. The average molecular weight is 330 g/mol. The molecule has 3 nitrogen and oxygen atoms in total. The van der Waals surface area contributed by atoms with Crippen LogP contribution < -0.4 is 5.32 Å². The highest BCUT2D eigenvalue weighted by Gasteiger charge is 1.97. The highest BCUT2D eigenvalue weighted by molar-refractivity contribution is 9.10. The second-order valence-electron chi connectivity index (χ2n) is 3.30. The van der Waals surface area contributed by atoms with E-state index in [1.807, 2.05) is 6.07 Å². The van der Waals surface area contributed by atoms with Gasteiger partial charge in [0.1, 0.15) is 6.33 Å². The van der Waals surface area contributed by atoms with E-state index < -0.39 is 0 Å². The molecule has 0 saturated heterocycles. The van der Waals surface area contributed by atoms with Crippen LogP contribution >= 0.6 is 39.0 Å². The maximum absolute atomic E-state index is 4.16. The largest absolute Gasteiger partial charge is 0.311 e. The number of nitrogens with one attached hydrogen (secondary N) is 1. The Morgan fingerprint density at radius 3 is 3.12 bits per heavy atom. The van der Waals surface area contributed by atoms with E-state index in [1.165, 1.54) is 4.88 Å². The van der Waals surface area contributed by atoms with Crippen molar-refractivity contribution < 1.29 is 0 Å². The first kappa shape index (κ1) is 13.0. The van der Waals surface area contributed by atoms with Crippen LogP contribution in [-0.2, 0) is 6.54 Å². The Hall–Kier alpha value is -0.430. The van der Waals surface area contributed by atoms with E-state index >= 15 is 0 Å². The van der Waals surface area contributed by atoms with Gasteiger partial charge in [0.15, 0.2) is 0 Å². The molecule has 0 amide bonds. The van der Waals surface area contributed by atoms with Gasteiger partial charge in [-0.1, -0.05) is 0 Å². The zero-order valence-electron chi connectivity index (χ0n) is 9.10. The standard InChI is InChI=1S/C11H12BrN3S2/c12-9-5-10(17-7-9)6-13-3-4-16-11-1-2-14-8-15-11/h1-2,5,7-8,13H,3-4,6H2. The molecule has 90 valence electrons. The van der Waals surface area contributed by atoms with Gasteiger partial charge in [0, 0.05) is 39.8 Å². The van der Waals surface area contributed by atoms with Gasteiger partial charge in [0.05, 0.1) is 5.03 Å². The fourth-order valence-electron chi connectivity index (χ4n) is 1.25. The first-order valence-electron chi connectivity index (χ1n) is 5.17. The highest BCUT2D eigenvalue weighted by atomic mass is 79.9. The summed E-state index contributed by atoms with van der Waals surface area (Å²) in [6, 6.07) is 4.08. The second kappa shape index (κ2) is 7.10. The molecule has 0 aromatic carbocycles. The lowest BCUT2D eigenvalue weighted by atomic mass is 10.4. The fraction of sp³-hybridized carbons (Fsp3) is 0.273. The summed E-state index contributed by atoms with van der Waals surface area (Å²) < 4.78 is 1.16. The van der Waals surface area contributed by atoms with Gasteiger partial charge in [-0.15, -0.1) is 23.1 Å². The quantitative estimate of drug-likeness (QED) is 0.501. The first-order chi connectivity index (χ1) is 8.34. The number of hydrogen-bond donors (Lipinski definition) is 1. The Morgan fingerprint density at radius 2 is 2.41 bits per heavy atom. The van der Waals surface area contributed by atoms with Crippen LogP contribution in [0.1, 0.15) is 4.88 Å². The molecule has 2 aromatic rings. The molecule has 17 heavy (non-hydrogen) atoms. The van der Waals surface area contributed by atoms with Gasteiger partial charge in [-0.2, -0.15) is 0 Å². The summed E-state index contributed by atoms with van der Waals surface area (Å²) in [4.78, 5) is 9.40. The van der Waals surface area contributed by atoms with Crippen molar-refractivity contribution in [2.24, 2.45) is 0 Å². The van der Waals surface area contributed by atoms with Crippen molar-refractivity contribution in [3.8, 4) is 0 Å². The first-order valence-corrected chi connectivity index (χ1v) is 7.83. The van der Waals surface area contributed by atoms with Crippen molar-refractivity contribution in [2.75, 3.05) is 12.3 Å². The Labute approximate surface area is 117 Å². The number of thiophene rings is 1. The van der Waals surface area contributed by atoms with E-state index in [-0.39, 0.29) is 0 Å². The van der Waals surface area contributed by atoms with E-state index in [9.17, 15) is 0 Å². The lowest BCUT2D eigenvalue weighted by molar-refractivity contribution is 0.740. The van der Waals surface area contributed by atoms with Crippen LogP contribution in [0, 0.1) is 0 Å².